The molecule has 0 unspecified atom stereocenters. The van der Waals surface area contributed by atoms with Gasteiger partial charge in [-0.1, -0.05) is 24.3 Å². The molecule has 3 rings (SSSR count). The number of hydrogen-bond donors (Lipinski definition) is 0. The zero-order chi connectivity index (χ0) is 15.7. The van der Waals surface area contributed by atoms with Crippen LogP contribution < -0.4 is 4.90 Å². The van der Waals surface area contributed by atoms with E-state index in [2.05, 4.69) is 0 Å². The molecule has 1 aromatic heterocycles. The van der Waals surface area contributed by atoms with Crippen LogP contribution >= 0.6 is 11.3 Å². The average molecular weight is 315 g/mol. The number of hydrogen-bond acceptors (Lipinski definition) is 4. The summed E-state index contributed by atoms with van der Waals surface area (Å²) in [6.45, 7) is 3.63. The van der Waals surface area contributed by atoms with Gasteiger partial charge in [0.25, 0.3) is 5.91 Å². The van der Waals surface area contributed by atoms with E-state index in [-0.39, 0.29) is 11.9 Å². The van der Waals surface area contributed by atoms with E-state index in [1.807, 2.05) is 36.6 Å². The molecule has 1 aliphatic rings. The normalized spacial score (nSPS) is 17.9. The third kappa shape index (κ3) is 2.64. The van der Waals surface area contributed by atoms with Crippen molar-refractivity contribution in [3.63, 3.8) is 0 Å². The van der Waals surface area contributed by atoms with Crippen molar-refractivity contribution in [2.75, 3.05) is 4.90 Å². The van der Waals surface area contributed by atoms with E-state index in [0.717, 1.165) is 17.7 Å². The molecule has 1 aromatic carbocycles. The molecule has 0 saturated carbocycles. The van der Waals surface area contributed by atoms with Crippen LogP contribution in [0.4, 0.5) is 5.69 Å². The third-order valence-corrected chi connectivity index (χ3v) is 4.65. The first-order valence-electron chi connectivity index (χ1n) is 7.23. The van der Waals surface area contributed by atoms with Crippen molar-refractivity contribution in [3.05, 3.63) is 52.2 Å². The van der Waals surface area contributed by atoms with E-state index in [9.17, 15) is 9.59 Å². The lowest BCUT2D eigenvalue weighted by Crippen LogP contribution is -2.43. The minimum absolute atomic E-state index is 0.0767. The lowest BCUT2D eigenvalue weighted by molar-refractivity contribution is -0.126. The largest absolute Gasteiger partial charge is 0.448 e. The Morgan fingerprint density at radius 3 is 2.77 bits per heavy atom. The van der Waals surface area contributed by atoms with Crippen LogP contribution in [0, 0.1) is 0 Å². The zero-order valence-corrected chi connectivity index (χ0v) is 13.3. The Bertz CT molecular complexity index is 696. The maximum Gasteiger partial charge on any atom is 0.349 e. The molecule has 0 fully saturated rings. The first kappa shape index (κ1) is 14.8. The highest BCUT2D eigenvalue weighted by Crippen LogP contribution is 2.32. The molecule has 0 saturated heterocycles. The number of amides is 1. The highest BCUT2D eigenvalue weighted by molar-refractivity contribution is 7.11. The lowest BCUT2D eigenvalue weighted by Gasteiger charge is -2.25. The fourth-order valence-corrected chi connectivity index (χ4v) is 3.37. The number of nitrogens with zero attached hydrogens (tertiary/aromatic N) is 1. The molecule has 4 nitrogen and oxygen atoms in total. The van der Waals surface area contributed by atoms with Gasteiger partial charge in [-0.15, -0.1) is 11.3 Å². The number of esters is 1. The number of carbonyl (C=O) groups excluding carboxylic acids is 2. The highest BCUT2D eigenvalue weighted by atomic mass is 32.1. The number of rotatable bonds is 3. The molecule has 0 bridgehead atoms. The number of anilines is 1. The molecule has 0 N–H and O–H groups in total. The van der Waals surface area contributed by atoms with Gasteiger partial charge >= 0.3 is 5.97 Å². The summed E-state index contributed by atoms with van der Waals surface area (Å²) < 4.78 is 5.31. The van der Waals surface area contributed by atoms with E-state index >= 15 is 0 Å². The molecular weight excluding hydrogens is 298 g/mol. The summed E-state index contributed by atoms with van der Waals surface area (Å²) in [6, 6.07) is 11.4. The van der Waals surface area contributed by atoms with Crippen molar-refractivity contribution >= 4 is 28.9 Å². The van der Waals surface area contributed by atoms with E-state index in [4.69, 9.17) is 4.74 Å². The standard InChI is InChI=1S/C17H17NO3S/c1-11-10-13-6-3-4-7-14(13)18(11)16(19)12(2)21-17(20)15-8-5-9-22-15/h3-9,11-12H,10H2,1-2H3/t11-,12+/m1/s1. The smallest absolute Gasteiger partial charge is 0.349 e. The molecule has 2 heterocycles. The van der Waals surface area contributed by atoms with Crippen LogP contribution in [0.3, 0.4) is 0 Å². The maximum atomic E-state index is 12.7. The fourth-order valence-electron chi connectivity index (χ4n) is 2.76. The second-order valence-electron chi connectivity index (χ2n) is 5.41. The summed E-state index contributed by atoms with van der Waals surface area (Å²) in [5.41, 5.74) is 2.07. The molecule has 114 valence electrons. The molecule has 2 atom stereocenters. The Morgan fingerprint density at radius 1 is 1.27 bits per heavy atom. The van der Waals surface area contributed by atoms with Gasteiger partial charge in [0.2, 0.25) is 0 Å². The Morgan fingerprint density at radius 2 is 2.05 bits per heavy atom. The molecule has 5 heteroatoms. The Kier molecular flexibility index (Phi) is 3.98. The molecule has 2 aromatic rings. The molecule has 1 aliphatic heterocycles. The van der Waals surface area contributed by atoms with Crippen molar-refractivity contribution in [2.45, 2.75) is 32.4 Å². The monoisotopic (exact) mass is 315 g/mol. The van der Waals surface area contributed by atoms with E-state index in [1.54, 1.807) is 24.0 Å². The first-order chi connectivity index (χ1) is 10.6. The number of para-hydroxylation sites is 1. The van der Waals surface area contributed by atoms with Crippen LogP contribution in [0.1, 0.15) is 29.1 Å². The fraction of sp³-hybridized carbons (Fsp3) is 0.294. The maximum absolute atomic E-state index is 12.7. The van der Waals surface area contributed by atoms with Crippen molar-refractivity contribution < 1.29 is 14.3 Å². The Labute approximate surface area is 133 Å². The van der Waals surface area contributed by atoms with Crippen LogP contribution in [0.25, 0.3) is 0 Å². The molecule has 0 radical (unpaired) electrons. The summed E-state index contributed by atoms with van der Waals surface area (Å²) in [4.78, 5) is 26.9. The van der Waals surface area contributed by atoms with Gasteiger partial charge in [0.15, 0.2) is 6.10 Å². The summed E-state index contributed by atoms with van der Waals surface area (Å²) in [7, 11) is 0. The van der Waals surface area contributed by atoms with Crippen LogP contribution in [-0.2, 0) is 16.0 Å². The number of thiophene rings is 1. The molecule has 0 aliphatic carbocycles. The van der Waals surface area contributed by atoms with E-state index in [0.29, 0.717) is 4.88 Å². The van der Waals surface area contributed by atoms with Crippen LogP contribution in [0.15, 0.2) is 41.8 Å². The van der Waals surface area contributed by atoms with Gasteiger partial charge in [-0.3, -0.25) is 4.79 Å². The molecule has 0 spiro atoms. The number of fused-ring (bicyclic) bond motifs is 1. The van der Waals surface area contributed by atoms with Crippen molar-refractivity contribution in [2.24, 2.45) is 0 Å². The summed E-state index contributed by atoms with van der Waals surface area (Å²) in [6.07, 6.45) is 0.0243. The minimum Gasteiger partial charge on any atom is -0.448 e. The van der Waals surface area contributed by atoms with Gasteiger partial charge in [0.05, 0.1) is 0 Å². The number of carbonyl (C=O) groups is 2. The van der Waals surface area contributed by atoms with Crippen LogP contribution in [0.2, 0.25) is 0 Å². The molecular formula is C17H17NO3S. The van der Waals surface area contributed by atoms with Crippen molar-refractivity contribution in [3.8, 4) is 0 Å². The highest BCUT2D eigenvalue weighted by Gasteiger charge is 2.34. The van der Waals surface area contributed by atoms with E-state index < -0.39 is 12.1 Å². The summed E-state index contributed by atoms with van der Waals surface area (Å²) in [5.74, 6) is -0.627. The van der Waals surface area contributed by atoms with Gasteiger partial charge in [-0.05, 0) is 43.3 Å². The van der Waals surface area contributed by atoms with Gasteiger partial charge in [-0.2, -0.15) is 0 Å². The zero-order valence-electron chi connectivity index (χ0n) is 12.5. The van der Waals surface area contributed by atoms with Gasteiger partial charge in [0, 0.05) is 11.7 Å². The van der Waals surface area contributed by atoms with Crippen molar-refractivity contribution in [1.29, 1.82) is 0 Å². The SMILES string of the molecule is C[C@H](OC(=O)c1cccs1)C(=O)N1c2ccccc2C[C@H]1C. The summed E-state index contributed by atoms with van der Waals surface area (Å²) >= 11 is 1.31. The Balaban J connectivity index is 1.75. The molecule has 1 amide bonds. The predicted octanol–water partition coefficient (Wildman–Crippen LogP) is 3.27. The number of benzene rings is 1. The summed E-state index contributed by atoms with van der Waals surface area (Å²) in [5, 5.41) is 1.81. The van der Waals surface area contributed by atoms with Crippen LogP contribution in [-0.4, -0.2) is 24.0 Å². The number of ether oxygens (including phenoxy) is 1. The first-order valence-corrected chi connectivity index (χ1v) is 8.11. The van der Waals surface area contributed by atoms with Gasteiger partial charge in [0.1, 0.15) is 4.88 Å². The van der Waals surface area contributed by atoms with E-state index in [1.165, 1.54) is 11.3 Å². The lowest BCUT2D eigenvalue weighted by atomic mass is 10.1. The topological polar surface area (TPSA) is 46.6 Å². The van der Waals surface area contributed by atoms with Crippen LogP contribution in [0.5, 0.6) is 0 Å². The average Bonchev–Trinajstić information content (AvgIpc) is 3.13. The quantitative estimate of drug-likeness (QED) is 0.817. The van der Waals surface area contributed by atoms with Gasteiger partial charge < -0.3 is 9.64 Å². The Hall–Kier alpha value is -2.14. The minimum atomic E-state index is -0.803. The molecule has 22 heavy (non-hydrogen) atoms. The van der Waals surface area contributed by atoms with Crippen molar-refractivity contribution in [1.82, 2.24) is 0 Å². The predicted molar refractivity (Wildman–Crippen MR) is 86.3 cm³/mol. The second kappa shape index (κ2) is 5.93. The van der Waals surface area contributed by atoms with Gasteiger partial charge in [-0.25, -0.2) is 4.79 Å². The second-order valence-corrected chi connectivity index (χ2v) is 6.36. The third-order valence-electron chi connectivity index (χ3n) is 3.80.